The maximum Gasteiger partial charge on any atom is 0.324 e. The van der Waals surface area contributed by atoms with E-state index >= 15 is 0 Å². The average Bonchev–Trinajstić information content (AvgIpc) is 2.48. The van der Waals surface area contributed by atoms with Crippen molar-refractivity contribution in [2.24, 2.45) is 0 Å². The molecule has 0 atom stereocenters. The molecule has 0 radical (unpaired) electrons. The number of rotatable bonds is 7. The normalized spacial score (nSPS) is 10.3. The van der Waals surface area contributed by atoms with Gasteiger partial charge < -0.3 is 9.47 Å². The van der Waals surface area contributed by atoms with Gasteiger partial charge in [0, 0.05) is 12.0 Å². The lowest BCUT2D eigenvalue weighted by Gasteiger charge is -2.15. The average molecular weight is 292 g/mol. The van der Waals surface area contributed by atoms with Crippen molar-refractivity contribution in [2.75, 3.05) is 13.2 Å². The smallest absolute Gasteiger partial charge is 0.324 e. The molecule has 0 spiro atoms. The Kier molecular flexibility index (Phi) is 6.59. The largest absolute Gasteiger partial charge is 0.465 e. The number of hydrogen-bond acceptors (Lipinski definition) is 5. The Balaban J connectivity index is 3.05. The van der Waals surface area contributed by atoms with Crippen molar-refractivity contribution < 1.29 is 23.9 Å². The van der Waals surface area contributed by atoms with Crippen LogP contribution in [-0.2, 0) is 19.1 Å². The second-order valence-electron chi connectivity index (χ2n) is 4.34. The van der Waals surface area contributed by atoms with Crippen LogP contribution in [0.15, 0.2) is 24.3 Å². The fraction of sp³-hybridized carbons (Fsp3) is 0.438. The van der Waals surface area contributed by atoms with E-state index in [1.807, 2.05) is 0 Å². The molecule has 1 aromatic rings. The fourth-order valence-corrected chi connectivity index (χ4v) is 1.89. The van der Waals surface area contributed by atoms with Crippen LogP contribution in [0, 0.1) is 0 Å². The quantitative estimate of drug-likeness (QED) is 0.439. The molecule has 1 rings (SSSR count). The minimum atomic E-state index is -1.12. The van der Waals surface area contributed by atoms with Gasteiger partial charge >= 0.3 is 11.9 Å². The summed E-state index contributed by atoms with van der Waals surface area (Å²) in [6.07, 6.45) is 0.401. The van der Waals surface area contributed by atoms with Crippen LogP contribution in [-0.4, -0.2) is 30.9 Å². The van der Waals surface area contributed by atoms with E-state index in [-0.39, 0.29) is 19.0 Å². The van der Waals surface area contributed by atoms with Crippen LogP contribution < -0.4 is 0 Å². The molecule has 0 saturated carbocycles. The van der Waals surface area contributed by atoms with Gasteiger partial charge in [0.1, 0.15) is 0 Å². The van der Waals surface area contributed by atoms with Crippen molar-refractivity contribution in [3.63, 3.8) is 0 Å². The Hall–Kier alpha value is -2.17. The molecule has 1 aromatic carbocycles. The predicted octanol–water partition coefficient (Wildman–Crippen LogP) is 2.49. The molecule has 21 heavy (non-hydrogen) atoms. The third-order valence-corrected chi connectivity index (χ3v) is 2.93. The molecule has 0 amide bonds. The second kappa shape index (κ2) is 8.19. The van der Waals surface area contributed by atoms with Gasteiger partial charge in [-0.25, -0.2) is 0 Å². The van der Waals surface area contributed by atoms with Gasteiger partial charge in [-0.15, -0.1) is 0 Å². The zero-order valence-electron chi connectivity index (χ0n) is 12.5. The van der Waals surface area contributed by atoms with Crippen molar-refractivity contribution >= 4 is 17.7 Å². The highest BCUT2D eigenvalue weighted by atomic mass is 16.6. The van der Waals surface area contributed by atoms with Gasteiger partial charge in [-0.2, -0.15) is 0 Å². The molecule has 0 saturated heterocycles. The lowest BCUT2D eigenvalue weighted by atomic mass is 9.97. The van der Waals surface area contributed by atoms with Crippen LogP contribution in [0.2, 0.25) is 0 Å². The number of Topliss-reactive ketones (excluding diaryl/α,β-unsaturated/α-hetero) is 1. The lowest BCUT2D eigenvalue weighted by Crippen LogP contribution is -2.26. The number of carbonyl (C=O) groups is 3. The van der Waals surface area contributed by atoms with E-state index < -0.39 is 17.9 Å². The third-order valence-electron chi connectivity index (χ3n) is 2.93. The van der Waals surface area contributed by atoms with Gasteiger partial charge in [-0.1, -0.05) is 31.2 Å². The lowest BCUT2D eigenvalue weighted by molar-refractivity contribution is -0.156. The number of carbonyl (C=O) groups excluding carboxylic acids is 3. The predicted molar refractivity (Wildman–Crippen MR) is 77.1 cm³/mol. The van der Waals surface area contributed by atoms with E-state index in [0.717, 1.165) is 0 Å². The van der Waals surface area contributed by atoms with Gasteiger partial charge in [0.05, 0.1) is 13.2 Å². The first-order valence-electron chi connectivity index (χ1n) is 7.01. The van der Waals surface area contributed by atoms with E-state index in [9.17, 15) is 14.4 Å². The van der Waals surface area contributed by atoms with Crippen LogP contribution in [0.5, 0.6) is 0 Å². The standard InChI is InChI=1S/C16H20O5/c1-4-13(17)11-7-9-12(10-8-11)14(15(18)20-5-2)16(19)21-6-3/h7-10,14H,4-6H2,1-3H3. The number of esters is 2. The summed E-state index contributed by atoms with van der Waals surface area (Å²) in [5.74, 6) is -2.41. The summed E-state index contributed by atoms with van der Waals surface area (Å²) >= 11 is 0. The highest BCUT2D eigenvalue weighted by Gasteiger charge is 2.31. The number of ketones is 1. The summed E-state index contributed by atoms with van der Waals surface area (Å²) in [5, 5.41) is 0. The Morgan fingerprint density at radius 1 is 0.905 bits per heavy atom. The molecular weight excluding hydrogens is 272 g/mol. The van der Waals surface area contributed by atoms with E-state index in [1.54, 1.807) is 45.0 Å². The molecule has 5 heteroatoms. The van der Waals surface area contributed by atoms with Crippen LogP contribution in [0.25, 0.3) is 0 Å². The number of ether oxygens (including phenoxy) is 2. The summed E-state index contributed by atoms with van der Waals surface area (Å²) < 4.78 is 9.84. The monoisotopic (exact) mass is 292 g/mol. The summed E-state index contributed by atoms with van der Waals surface area (Å²) in [7, 11) is 0. The molecule has 0 aromatic heterocycles. The molecule has 0 N–H and O–H groups in total. The SMILES string of the molecule is CCOC(=O)C(C(=O)OCC)c1ccc(C(=O)CC)cc1. The summed E-state index contributed by atoms with van der Waals surface area (Å²) in [6, 6.07) is 6.38. The zero-order chi connectivity index (χ0) is 15.8. The maximum absolute atomic E-state index is 11.9. The third kappa shape index (κ3) is 4.41. The highest BCUT2D eigenvalue weighted by Crippen LogP contribution is 2.20. The Morgan fingerprint density at radius 2 is 1.38 bits per heavy atom. The van der Waals surface area contributed by atoms with Crippen molar-refractivity contribution in [1.29, 1.82) is 0 Å². The van der Waals surface area contributed by atoms with Crippen molar-refractivity contribution in [3.8, 4) is 0 Å². The molecule has 0 fully saturated rings. The Bertz CT molecular complexity index is 486. The van der Waals surface area contributed by atoms with Gasteiger partial charge in [0.25, 0.3) is 0 Å². The molecule has 0 unspecified atom stereocenters. The molecule has 114 valence electrons. The number of benzene rings is 1. The van der Waals surface area contributed by atoms with E-state index in [1.165, 1.54) is 0 Å². The molecular formula is C16H20O5. The van der Waals surface area contributed by atoms with Crippen LogP contribution in [0.1, 0.15) is 49.0 Å². The zero-order valence-corrected chi connectivity index (χ0v) is 12.5. The van der Waals surface area contributed by atoms with E-state index in [4.69, 9.17) is 9.47 Å². The first-order valence-corrected chi connectivity index (χ1v) is 7.01. The second-order valence-corrected chi connectivity index (χ2v) is 4.34. The molecule has 0 aliphatic rings. The van der Waals surface area contributed by atoms with Crippen molar-refractivity contribution in [3.05, 3.63) is 35.4 Å². The van der Waals surface area contributed by atoms with Gasteiger partial charge in [0.15, 0.2) is 11.7 Å². The minimum absolute atomic E-state index is 0.00497. The Morgan fingerprint density at radius 3 is 1.76 bits per heavy atom. The van der Waals surface area contributed by atoms with E-state index in [2.05, 4.69) is 0 Å². The van der Waals surface area contributed by atoms with Crippen LogP contribution in [0.3, 0.4) is 0 Å². The number of hydrogen-bond donors (Lipinski definition) is 0. The first-order chi connectivity index (χ1) is 10.0. The minimum Gasteiger partial charge on any atom is -0.465 e. The molecule has 0 aliphatic carbocycles. The molecule has 5 nitrogen and oxygen atoms in total. The summed E-state index contributed by atoms with van der Waals surface area (Å²) in [6.45, 7) is 5.48. The van der Waals surface area contributed by atoms with Crippen LogP contribution in [0.4, 0.5) is 0 Å². The van der Waals surface area contributed by atoms with E-state index in [0.29, 0.717) is 17.5 Å². The Labute approximate surface area is 124 Å². The molecule has 0 bridgehead atoms. The van der Waals surface area contributed by atoms with Gasteiger partial charge in [0.2, 0.25) is 0 Å². The highest BCUT2D eigenvalue weighted by molar-refractivity contribution is 6.01. The fourth-order valence-electron chi connectivity index (χ4n) is 1.89. The van der Waals surface area contributed by atoms with Crippen molar-refractivity contribution in [1.82, 2.24) is 0 Å². The summed E-state index contributed by atoms with van der Waals surface area (Å²) in [5.41, 5.74) is 1.01. The topological polar surface area (TPSA) is 69.7 Å². The first kappa shape index (κ1) is 16.9. The van der Waals surface area contributed by atoms with Gasteiger partial charge in [-0.05, 0) is 19.4 Å². The van der Waals surface area contributed by atoms with Crippen molar-refractivity contribution in [2.45, 2.75) is 33.1 Å². The summed E-state index contributed by atoms with van der Waals surface area (Å²) in [4.78, 5) is 35.5. The van der Waals surface area contributed by atoms with Gasteiger partial charge in [-0.3, -0.25) is 14.4 Å². The molecule has 0 aliphatic heterocycles. The van der Waals surface area contributed by atoms with Crippen LogP contribution >= 0.6 is 0 Å². The maximum atomic E-state index is 11.9. The molecule has 0 heterocycles.